The number of hydrogen-bond acceptors (Lipinski definition) is 4. The molecule has 0 bridgehead atoms. The third-order valence-electron chi connectivity index (χ3n) is 5.69. The summed E-state index contributed by atoms with van der Waals surface area (Å²) in [6.45, 7) is 0.00488. The van der Waals surface area contributed by atoms with E-state index in [4.69, 9.17) is 0 Å². The van der Waals surface area contributed by atoms with Crippen LogP contribution in [0.15, 0.2) is 64.6 Å². The van der Waals surface area contributed by atoms with Crippen molar-refractivity contribution in [2.45, 2.75) is 35.0 Å². The van der Waals surface area contributed by atoms with Gasteiger partial charge in [0.15, 0.2) is 0 Å². The number of carbonyl (C=O) groups is 2. The van der Waals surface area contributed by atoms with Gasteiger partial charge in [-0.1, -0.05) is 11.8 Å². The van der Waals surface area contributed by atoms with Gasteiger partial charge in [0.2, 0.25) is 0 Å². The van der Waals surface area contributed by atoms with Crippen LogP contribution < -0.4 is 15.5 Å². The number of fused-ring (bicyclic) bond motifs is 2. The monoisotopic (exact) mass is 554 g/mol. The average molecular weight is 555 g/mol. The predicted molar refractivity (Wildman–Crippen MR) is 129 cm³/mol. The predicted octanol–water partition coefficient (Wildman–Crippen LogP) is 6.61. The van der Waals surface area contributed by atoms with E-state index >= 15 is 0 Å². The lowest BCUT2D eigenvalue weighted by Gasteiger charge is -2.18. The molecule has 1 aliphatic heterocycles. The Morgan fingerprint density at radius 3 is 2.32 bits per heavy atom. The van der Waals surface area contributed by atoms with Crippen molar-refractivity contribution >= 4 is 35.1 Å². The van der Waals surface area contributed by atoms with Crippen LogP contribution in [0.2, 0.25) is 0 Å². The Balaban J connectivity index is 1.37. The maximum atomic E-state index is 13.0. The molecule has 0 aliphatic carbocycles. The number of aryl methyl sites for hydroxylation is 1. The van der Waals surface area contributed by atoms with E-state index in [0.29, 0.717) is 34.0 Å². The number of alkyl halides is 6. The molecule has 2 N–H and O–H groups in total. The highest BCUT2D eigenvalue weighted by Gasteiger charge is 2.36. The second-order valence-corrected chi connectivity index (χ2v) is 9.50. The fraction of sp³-hybridized carbons (Fsp3) is 0.240. The Hall–Kier alpha value is -3.74. The van der Waals surface area contributed by atoms with Gasteiger partial charge in [0, 0.05) is 41.5 Å². The molecule has 1 aliphatic rings. The van der Waals surface area contributed by atoms with Crippen molar-refractivity contribution in [2.75, 3.05) is 23.8 Å². The highest BCUT2D eigenvalue weighted by atomic mass is 32.2. The van der Waals surface area contributed by atoms with Crippen molar-refractivity contribution in [1.82, 2.24) is 10.3 Å². The molecule has 3 amide bonds. The van der Waals surface area contributed by atoms with Crippen molar-refractivity contribution in [3.63, 3.8) is 0 Å². The molecular weight excluding hydrogens is 534 g/mol. The van der Waals surface area contributed by atoms with Crippen molar-refractivity contribution in [3.8, 4) is 0 Å². The zero-order chi connectivity index (χ0) is 27.7. The number of carbonyl (C=O) groups excluding carboxylic acids is 2. The zero-order valence-electron chi connectivity index (χ0n) is 19.7. The van der Waals surface area contributed by atoms with Gasteiger partial charge in [0.05, 0.1) is 22.4 Å². The number of halogens is 6. The number of nitrogens with one attached hydrogen (secondary N) is 2. The molecule has 6 nitrogen and oxygen atoms in total. The summed E-state index contributed by atoms with van der Waals surface area (Å²) in [6.07, 6.45) is -6.70. The van der Waals surface area contributed by atoms with Crippen molar-refractivity contribution in [3.05, 3.63) is 77.1 Å². The maximum absolute atomic E-state index is 13.0. The summed E-state index contributed by atoms with van der Waals surface area (Å²) in [6, 6.07) is 7.45. The van der Waals surface area contributed by atoms with Crippen LogP contribution in [0.1, 0.15) is 33.5 Å². The van der Waals surface area contributed by atoms with E-state index in [1.54, 1.807) is 37.5 Å². The normalized spacial score (nSPS) is 13.4. The number of anilines is 2. The summed E-state index contributed by atoms with van der Waals surface area (Å²) in [5, 5.41) is 5.15. The van der Waals surface area contributed by atoms with Crippen LogP contribution in [0.25, 0.3) is 0 Å². The van der Waals surface area contributed by atoms with Gasteiger partial charge in [0.25, 0.3) is 5.91 Å². The number of rotatable bonds is 5. The molecule has 3 aromatic rings. The topological polar surface area (TPSA) is 74.3 Å². The molecule has 0 fully saturated rings. The van der Waals surface area contributed by atoms with E-state index in [9.17, 15) is 35.9 Å². The molecular formula is C25H20F6N4O2S. The molecule has 0 saturated heterocycles. The first kappa shape index (κ1) is 27.3. The van der Waals surface area contributed by atoms with Gasteiger partial charge in [0.1, 0.15) is 0 Å². The molecule has 2 heterocycles. The first-order valence-electron chi connectivity index (χ1n) is 11.2. The van der Waals surface area contributed by atoms with E-state index in [0.717, 1.165) is 4.90 Å². The molecule has 1 aromatic heterocycles. The fourth-order valence-electron chi connectivity index (χ4n) is 3.82. The number of urea groups is 1. The number of aromatic nitrogens is 1. The maximum Gasteiger partial charge on any atom is 0.416 e. The summed E-state index contributed by atoms with van der Waals surface area (Å²) in [7, 11) is 1.61. The summed E-state index contributed by atoms with van der Waals surface area (Å²) in [5.41, 5.74) is -1.44. The number of pyridine rings is 1. The molecule has 38 heavy (non-hydrogen) atoms. The summed E-state index contributed by atoms with van der Waals surface area (Å²) >= 11 is 1.36. The lowest BCUT2D eigenvalue weighted by molar-refractivity contribution is -0.143. The van der Waals surface area contributed by atoms with E-state index in [2.05, 4.69) is 15.6 Å². The van der Waals surface area contributed by atoms with E-state index in [1.807, 2.05) is 0 Å². The second kappa shape index (κ2) is 10.6. The molecule has 13 heteroatoms. The Morgan fingerprint density at radius 2 is 1.66 bits per heavy atom. The number of amides is 3. The van der Waals surface area contributed by atoms with Gasteiger partial charge in [-0.25, -0.2) is 4.79 Å². The van der Waals surface area contributed by atoms with Crippen LogP contribution in [0.5, 0.6) is 0 Å². The molecule has 200 valence electrons. The van der Waals surface area contributed by atoms with Crippen LogP contribution in [0.4, 0.5) is 42.5 Å². The highest BCUT2D eigenvalue weighted by molar-refractivity contribution is 7.99. The third kappa shape index (κ3) is 6.21. The van der Waals surface area contributed by atoms with Crippen molar-refractivity contribution in [1.29, 1.82) is 0 Å². The average Bonchev–Trinajstić information content (AvgIpc) is 2.95. The molecule has 4 rings (SSSR count). The van der Waals surface area contributed by atoms with Gasteiger partial charge in [-0.3, -0.25) is 9.78 Å². The van der Waals surface area contributed by atoms with Crippen molar-refractivity contribution < 1.29 is 35.9 Å². The lowest BCUT2D eigenvalue weighted by atomic mass is 10.0. The van der Waals surface area contributed by atoms with Gasteiger partial charge in [-0.2, -0.15) is 26.3 Å². The lowest BCUT2D eigenvalue weighted by Crippen LogP contribution is -2.30. The third-order valence-corrected chi connectivity index (χ3v) is 6.80. The number of nitrogens with zero attached hydrogens (tertiary/aromatic N) is 2. The standard InChI is InChI=1S/C25H20F6N4O2S/c1-35-19-12-17(4-5-20(19)38-21-13-32-8-6-18(21)22(35)36)34-23(37)33-7-2-3-14-9-15(24(26,27)28)11-16(10-14)25(29,30)31/h4-6,8-13H,2-3,7H2,1H3,(H2,33,34,37). The summed E-state index contributed by atoms with van der Waals surface area (Å²) in [4.78, 5) is 32.2. The highest BCUT2D eigenvalue weighted by Crippen LogP contribution is 2.41. The molecule has 2 aromatic carbocycles. The van der Waals surface area contributed by atoms with Crippen LogP contribution in [0.3, 0.4) is 0 Å². The van der Waals surface area contributed by atoms with E-state index in [-0.39, 0.29) is 36.9 Å². The van der Waals surface area contributed by atoms with Gasteiger partial charge in [-0.15, -0.1) is 0 Å². The first-order chi connectivity index (χ1) is 17.8. The largest absolute Gasteiger partial charge is 0.416 e. The zero-order valence-corrected chi connectivity index (χ0v) is 20.5. The second-order valence-electron chi connectivity index (χ2n) is 8.42. The Kier molecular flexibility index (Phi) is 7.58. The van der Waals surface area contributed by atoms with Crippen LogP contribution >= 0.6 is 11.8 Å². The molecule has 0 unspecified atom stereocenters. The Morgan fingerprint density at radius 1 is 0.974 bits per heavy atom. The number of benzene rings is 2. The van der Waals surface area contributed by atoms with Gasteiger partial charge < -0.3 is 15.5 Å². The molecule has 0 spiro atoms. The minimum Gasteiger partial charge on any atom is -0.338 e. The SMILES string of the molecule is CN1C(=O)c2ccncc2Sc2ccc(NC(=O)NCCCc3cc(C(F)(F)F)cc(C(F)(F)F)c3)cc21. The Bertz CT molecular complexity index is 1340. The smallest absolute Gasteiger partial charge is 0.338 e. The quantitative estimate of drug-likeness (QED) is 0.275. The fourth-order valence-corrected chi connectivity index (χ4v) is 4.88. The summed E-state index contributed by atoms with van der Waals surface area (Å²) in [5.74, 6) is -0.237. The Labute approximate surface area is 217 Å². The minimum atomic E-state index is -4.92. The van der Waals surface area contributed by atoms with E-state index < -0.39 is 29.5 Å². The molecule has 0 radical (unpaired) electrons. The van der Waals surface area contributed by atoms with Gasteiger partial charge >= 0.3 is 18.4 Å². The first-order valence-corrected chi connectivity index (χ1v) is 12.0. The van der Waals surface area contributed by atoms with Crippen molar-refractivity contribution in [2.24, 2.45) is 0 Å². The molecule has 0 atom stereocenters. The van der Waals surface area contributed by atoms with Crippen LogP contribution in [-0.2, 0) is 18.8 Å². The molecule has 0 saturated carbocycles. The minimum absolute atomic E-state index is 0.00488. The number of hydrogen-bond donors (Lipinski definition) is 2. The van der Waals surface area contributed by atoms with Crippen LogP contribution in [-0.4, -0.2) is 30.5 Å². The van der Waals surface area contributed by atoms with Crippen LogP contribution in [0, 0.1) is 0 Å². The van der Waals surface area contributed by atoms with Gasteiger partial charge in [-0.05, 0) is 60.9 Å². The van der Waals surface area contributed by atoms with E-state index in [1.165, 1.54) is 22.9 Å². The summed E-state index contributed by atoms with van der Waals surface area (Å²) < 4.78 is 78.1.